The number of rotatable bonds is 4. The summed E-state index contributed by atoms with van der Waals surface area (Å²) in [6, 6.07) is 10.3. The second-order valence-electron chi connectivity index (χ2n) is 4.17. The van der Waals surface area contributed by atoms with Crippen molar-refractivity contribution in [3.63, 3.8) is 0 Å². The maximum absolute atomic E-state index is 12.4. The fourth-order valence-corrected chi connectivity index (χ4v) is 3.49. The van der Waals surface area contributed by atoms with Crippen LogP contribution < -0.4 is 0 Å². The average Bonchev–Trinajstić information content (AvgIpc) is 2.41. The molecule has 106 valence electrons. The van der Waals surface area contributed by atoms with Crippen LogP contribution in [0.1, 0.15) is 5.56 Å². The van der Waals surface area contributed by atoms with Crippen molar-refractivity contribution in [2.75, 3.05) is 7.05 Å². The van der Waals surface area contributed by atoms with Crippen LogP contribution in [0.2, 0.25) is 5.15 Å². The average molecular weight is 376 g/mol. The van der Waals surface area contributed by atoms with Crippen molar-refractivity contribution in [2.45, 2.75) is 11.4 Å². The van der Waals surface area contributed by atoms with E-state index in [9.17, 15) is 8.42 Å². The Morgan fingerprint density at radius 3 is 2.65 bits per heavy atom. The van der Waals surface area contributed by atoms with Gasteiger partial charge in [0.2, 0.25) is 10.0 Å². The van der Waals surface area contributed by atoms with Crippen LogP contribution in [-0.4, -0.2) is 24.8 Å². The van der Waals surface area contributed by atoms with E-state index in [-0.39, 0.29) is 16.6 Å². The molecule has 0 saturated heterocycles. The van der Waals surface area contributed by atoms with E-state index in [0.717, 1.165) is 10.0 Å². The Hall–Kier alpha value is -0.950. The van der Waals surface area contributed by atoms with Crippen LogP contribution in [0.4, 0.5) is 0 Å². The Balaban J connectivity index is 2.29. The highest BCUT2D eigenvalue weighted by atomic mass is 79.9. The summed E-state index contributed by atoms with van der Waals surface area (Å²) < 4.78 is 27.0. The normalized spacial score (nSPS) is 11.8. The van der Waals surface area contributed by atoms with Crippen LogP contribution in [0.15, 0.2) is 52.0 Å². The molecule has 0 amide bonds. The number of nitrogens with zero attached hydrogens (tertiary/aromatic N) is 2. The topological polar surface area (TPSA) is 50.3 Å². The van der Waals surface area contributed by atoms with Crippen molar-refractivity contribution in [1.82, 2.24) is 9.29 Å². The van der Waals surface area contributed by atoms with Gasteiger partial charge in [-0.05, 0) is 23.8 Å². The standard InChI is InChI=1S/C13H12BrClN2O2S/c1-17(9-10-4-2-3-5-12(10)14)20(18,19)11-6-7-16-13(15)8-11/h2-8H,9H2,1H3. The van der Waals surface area contributed by atoms with Gasteiger partial charge in [-0.25, -0.2) is 13.4 Å². The van der Waals surface area contributed by atoms with Crippen molar-refractivity contribution in [3.05, 3.63) is 57.8 Å². The smallest absolute Gasteiger partial charge is 0.243 e. The van der Waals surface area contributed by atoms with Crippen LogP contribution in [-0.2, 0) is 16.6 Å². The molecule has 0 aliphatic carbocycles. The van der Waals surface area contributed by atoms with Gasteiger partial charge < -0.3 is 0 Å². The van der Waals surface area contributed by atoms with Gasteiger partial charge in [-0.2, -0.15) is 4.31 Å². The van der Waals surface area contributed by atoms with Crippen LogP contribution in [0, 0.1) is 0 Å². The summed E-state index contributed by atoms with van der Waals surface area (Å²) >= 11 is 9.15. The maximum Gasteiger partial charge on any atom is 0.243 e. The molecule has 20 heavy (non-hydrogen) atoms. The molecule has 0 aliphatic rings. The first-order chi connectivity index (χ1) is 9.41. The van der Waals surface area contributed by atoms with Crippen molar-refractivity contribution in [2.24, 2.45) is 0 Å². The van der Waals surface area contributed by atoms with Gasteiger partial charge in [0.15, 0.2) is 0 Å². The predicted octanol–water partition coefficient (Wildman–Crippen LogP) is 3.32. The zero-order chi connectivity index (χ0) is 14.8. The first-order valence-corrected chi connectivity index (χ1v) is 8.33. The van der Waals surface area contributed by atoms with Gasteiger partial charge in [-0.15, -0.1) is 0 Å². The number of sulfonamides is 1. The summed E-state index contributed by atoms with van der Waals surface area (Å²) in [5, 5.41) is 0.153. The molecule has 0 spiro atoms. The Morgan fingerprint density at radius 2 is 2.00 bits per heavy atom. The van der Waals surface area contributed by atoms with Crippen molar-refractivity contribution in [1.29, 1.82) is 0 Å². The van der Waals surface area contributed by atoms with Crippen LogP contribution >= 0.6 is 27.5 Å². The molecular weight excluding hydrogens is 364 g/mol. The van der Waals surface area contributed by atoms with Gasteiger partial charge in [0.05, 0.1) is 4.90 Å². The number of benzene rings is 1. The monoisotopic (exact) mass is 374 g/mol. The third-order valence-electron chi connectivity index (χ3n) is 2.76. The molecule has 1 aromatic heterocycles. The molecule has 2 rings (SSSR count). The minimum atomic E-state index is -3.59. The van der Waals surface area contributed by atoms with Gasteiger partial charge in [-0.3, -0.25) is 0 Å². The van der Waals surface area contributed by atoms with Crippen molar-refractivity contribution in [3.8, 4) is 0 Å². The highest BCUT2D eigenvalue weighted by Gasteiger charge is 2.21. The molecule has 0 bridgehead atoms. The molecule has 0 N–H and O–H groups in total. The number of halogens is 2. The third kappa shape index (κ3) is 3.38. The first-order valence-electron chi connectivity index (χ1n) is 5.72. The second kappa shape index (κ2) is 6.22. The molecule has 4 nitrogen and oxygen atoms in total. The zero-order valence-corrected chi connectivity index (χ0v) is 13.8. The van der Waals surface area contributed by atoms with E-state index in [1.54, 1.807) is 0 Å². The highest BCUT2D eigenvalue weighted by Crippen LogP contribution is 2.22. The fraction of sp³-hybridized carbons (Fsp3) is 0.154. The lowest BCUT2D eigenvalue weighted by atomic mass is 10.2. The number of pyridine rings is 1. The van der Waals surface area contributed by atoms with E-state index in [2.05, 4.69) is 20.9 Å². The Kier molecular flexibility index (Phi) is 4.80. The third-order valence-corrected chi connectivity index (χ3v) is 5.54. The number of hydrogen-bond acceptors (Lipinski definition) is 3. The number of aromatic nitrogens is 1. The van der Waals surface area contributed by atoms with E-state index in [0.29, 0.717) is 0 Å². The minimum Gasteiger partial charge on any atom is -0.244 e. The molecule has 0 unspecified atom stereocenters. The molecule has 2 aromatic rings. The Bertz CT molecular complexity index is 722. The summed E-state index contributed by atoms with van der Waals surface area (Å²) in [7, 11) is -2.06. The van der Waals surface area contributed by atoms with Crippen LogP contribution in [0.3, 0.4) is 0 Å². The molecule has 0 saturated carbocycles. The molecule has 0 fully saturated rings. The second-order valence-corrected chi connectivity index (χ2v) is 7.45. The van der Waals surface area contributed by atoms with Gasteiger partial charge in [0, 0.05) is 24.3 Å². The summed E-state index contributed by atoms with van der Waals surface area (Å²) in [5.41, 5.74) is 0.888. The summed E-state index contributed by atoms with van der Waals surface area (Å²) in [6.45, 7) is 0.268. The van der Waals surface area contributed by atoms with E-state index in [1.807, 2.05) is 24.3 Å². The van der Waals surface area contributed by atoms with Crippen LogP contribution in [0.25, 0.3) is 0 Å². The molecule has 1 heterocycles. The molecule has 0 aliphatic heterocycles. The van der Waals surface area contributed by atoms with Crippen LogP contribution in [0.5, 0.6) is 0 Å². The number of hydrogen-bond donors (Lipinski definition) is 0. The largest absolute Gasteiger partial charge is 0.244 e. The quantitative estimate of drug-likeness (QED) is 0.770. The lowest BCUT2D eigenvalue weighted by Gasteiger charge is -2.18. The molecule has 0 radical (unpaired) electrons. The predicted molar refractivity (Wildman–Crippen MR) is 82.0 cm³/mol. The van der Waals surface area contributed by atoms with Crippen molar-refractivity contribution >= 4 is 37.6 Å². The summed E-state index contributed by atoms with van der Waals surface area (Å²) in [4.78, 5) is 3.92. The SMILES string of the molecule is CN(Cc1ccccc1Br)S(=O)(=O)c1ccnc(Cl)c1. The maximum atomic E-state index is 12.4. The van der Waals surface area contributed by atoms with E-state index in [1.165, 1.54) is 29.7 Å². The van der Waals surface area contributed by atoms with Crippen molar-refractivity contribution < 1.29 is 8.42 Å². The highest BCUT2D eigenvalue weighted by molar-refractivity contribution is 9.10. The summed E-state index contributed by atoms with van der Waals surface area (Å²) in [5.74, 6) is 0. The van der Waals surface area contributed by atoms with Gasteiger partial charge in [0.1, 0.15) is 5.15 Å². The fourth-order valence-electron chi connectivity index (χ4n) is 1.68. The lowest BCUT2D eigenvalue weighted by molar-refractivity contribution is 0.466. The molecule has 0 atom stereocenters. The van der Waals surface area contributed by atoms with E-state index < -0.39 is 10.0 Å². The van der Waals surface area contributed by atoms with Gasteiger partial charge >= 0.3 is 0 Å². The Morgan fingerprint density at radius 1 is 1.30 bits per heavy atom. The van der Waals surface area contributed by atoms with E-state index >= 15 is 0 Å². The molecule has 1 aromatic carbocycles. The molecule has 7 heteroatoms. The van der Waals surface area contributed by atoms with Gasteiger partial charge in [-0.1, -0.05) is 45.7 Å². The first kappa shape index (κ1) is 15.4. The zero-order valence-electron chi connectivity index (χ0n) is 10.6. The van der Waals surface area contributed by atoms with Gasteiger partial charge in [0.25, 0.3) is 0 Å². The lowest BCUT2D eigenvalue weighted by Crippen LogP contribution is -2.26. The molecular formula is C13H12BrClN2O2S. The summed E-state index contributed by atoms with van der Waals surface area (Å²) in [6.07, 6.45) is 1.38. The van der Waals surface area contributed by atoms with E-state index in [4.69, 9.17) is 11.6 Å². The Labute approximate surface area is 131 Å². The minimum absolute atomic E-state index is 0.132.